The van der Waals surface area contributed by atoms with Gasteiger partial charge >= 0.3 is 0 Å². The maximum Gasteiger partial charge on any atom is 0.255 e. The molecule has 2 N–H and O–H groups in total. The highest BCUT2D eigenvalue weighted by Gasteiger charge is 2.31. The van der Waals surface area contributed by atoms with Crippen molar-refractivity contribution in [3.8, 4) is 0 Å². The Labute approximate surface area is 145 Å². The molecule has 1 saturated carbocycles. The highest BCUT2D eigenvalue weighted by atomic mass is 35.5. The largest absolute Gasteiger partial charge is 0.345 e. The number of carbonyl (C=O) groups is 1. The predicted molar refractivity (Wildman–Crippen MR) is 96.4 cm³/mol. The quantitative estimate of drug-likeness (QED) is 0.914. The van der Waals surface area contributed by atoms with Gasteiger partial charge in [-0.15, -0.1) is 12.4 Å². The van der Waals surface area contributed by atoms with Crippen LogP contribution in [0.4, 0.5) is 0 Å². The first-order valence-electron chi connectivity index (χ1n) is 8.83. The minimum atomic E-state index is 0. The van der Waals surface area contributed by atoms with E-state index in [0.29, 0.717) is 12.6 Å². The molecule has 1 aliphatic carbocycles. The van der Waals surface area contributed by atoms with Crippen LogP contribution >= 0.6 is 12.4 Å². The summed E-state index contributed by atoms with van der Waals surface area (Å²) in [6.07, 6.45) is 8.60. The monoisotopic (exact) mass is 339 g/mol. The lowest BCUT2D eigenvalue weighted by atomic mass is 9.95. The zero-order valence-corrected chi connectivity index (χ0v) is 15.2. The summed E-state index contributed by atoms with van der Waals surface area (Å²) < 4.78 is 2.42. The first-order valence-corrected chi connectivity index (χ1v) is 8.83. The van der Waals surface area contributed by atoms with Gasteiger partial charge in [-0.3, -0.25) is 4.79 Å². The molecule has 130 valence electrons. The number of nitrogens with zero attached hydrogens (tertiary/aromatic N) is 2. The van der Waals surface area contributed by atoms with Crippen LogP contribution in [0.15, 0.2) is 6.07 Å². The van der Waals surface area contributed by atoms with E-state index in [2.05, 4.69) is 24.5 Å². The molecule has 23 heavy (non-hydrogen) atoms. The molecule has 1 unspecified atom stereocenters. The molecule has 2 aliphatic rings. The zero-order valence-electron chi connectivity index (χ0n) is 14.4. The lowest BCUT2D eigenvalue weighted by molar-refractivity contribution is 0.0740. The number of likely N-dealkylation sites (tertiary alicyclic amines) is 1. The van der Waals surface area contributed by atoms with E-state index in [1.54, 1.807) is 0 Å². The molecule has 0 spiro atoms. The van der Waals surface area contributed by atoms with Gasteiger partial charge in [-0.2, -0.15) is 0 Å². The van der Waals surface area contributed by atoms with Crippen LogP contribution in [-0.2, 0) is 0 Å². The Bertz CT molecular complexity index is 549. The Kier molecular flexibility index (Phi) is 6.15. The van der Waals surface area contributed by atoms with E-state index < -0.39 is 0 Å². The van der Waals surface area contributed by atoms with Crippen molar-refractivity contribution in [1.29, 1.82) is 0 Å². The molecule has 1 aromatic rings. The second-order valence-electron chi connectivity index (χ2n) is 6.98. The van der Waals surface area contributed by atoms with Crippen molar-refractivity contribution in [1.82, 2.24) is 9.47 Å². The third-order valence-corrected chi connectivity index (χ3v) is 5.56. The lowest BCUT2D eigenvalue weighted by Crippen LogP contribution is -2.40. The maximum atomic E-state index is 12.9. The molecule has 3 rings (SSSR count). The molecule has 0 radical (unpaired) electrons. The molecular weight excluding hydrogens is 310 g/mol. The number of nitrogens with two attached hydrogens (primary N) is 1. The molecule has 0 aromatic carbocycles. The predicted octanol–water partition coefficient (Wildman–Crippen LogP) is 3.60. The standard InChI is InChI=1S/C18H29N3O.ClH/c1-13-11-17(18(22)20-10-6-9-16(20)12-19)14(2)21(13)15-7-4-3-5-8-15;/h11,15-16H,3-10,12,19H2,1-2H3;1H. The van der Waals surface area contributed by atoms with Gasteiger partial charge in [-0.05, 0) is 45.6 Å². The summed E-state index contributed by atoms with van der Waals surface area (Å²) >= 11 is 0. The molecule has 1 atom stereocenters. The summed E-state index contributed by atoms with van der Waals surface area (Å²) in [7, 11) is 0. The normalized spacial score (nSPS) is 22.2. The number of aromatic nitrogens is 1. The Balaban J connectivity index is 0.00000192. The smallest absolute Gasteiger partial charge is 0.255 e. The molecule has 2 heterocycles. The Hall–Kier alpha value is -1.000. The molecule has 0 bridgehead atoms. The van der Waals surface area contributed by atoms with Crippen LogP contribution in [0.2, 0.25) is 0 Å². The molecule has 2 fully saturated rings. The zero-order chi connectivity index (χ0) is 15.7. The van der Waals surface area contributed by atoms with E-state index in [9.17, 15) is 4.79 Å². The fourth-order valence-electron chi connectivity index (χ4n) is 4.40. The van der Waals surface area contributed by atoms with Crippen LogP contribution in [0.5, 0.6) is 0 Å². The van der Waals surface area contributed by atoms with E-state index in [0.717, 1.165) is 30.6 Å². The summed E-state index contributed by atoms with van der Waals surface area (Å²) in [6, 6.07) is 2.91. The van der Waals surface area contributed by atoms with Crippen LogP contribution in [0, 0.1) is 13.8 Å². The average molecular weight is 340 g/mol. The van der Waals surface area contributed by atoms with E-state index in [1.165, 1.54) is 37.8 Å². The highest BCUT2D eigenvalue weighted by Crippen LogP contribution is 2.33. The number of halogens is 1. The Morgan fingerprint density at radius 1 is 1.17 bits per heavy atom. The molecule has 1 aliphatic heterocycles. The van der Waals surface area contributed by atoms with Gasteiger partial charge in [0.05, 0.1) is 5.56 Å². The molecule has 1 aromatic heterocycles. The fourth-order valence-corrected chi connectivity index (χ4v) is 4.40. The summed E-state index contributed by atoms with van der Waals surface area (Å²) in [5.74, 6) is 0.183. The Morgan fingerprint density at radius 2 is 1.87 bits per heavy atom. The van der Waals surface area contributed by atoms with E-state index in [-0.39, 0.29) is 24.4 Å². The van der Waals surface area contributed by atoms with Gasteiger partial charge in [0.15, 0.2) is 0 Å². The highest BCUT2D eigenvalue weighted by molar-refractivity contribution is 5.96. The second kappa shape index (κ2) is 7.71. The van der Waals surface area contributed by atoms with Crippen LogP contribution in [-0.4, -0.2) is 34.5 Å². The number of rotatable bonds is 3. The van der Waals surface area contributed by atoms with Crippen molar-refractivity contribution >= 4 is 18.3 Å². The summed E-state index contributed by atoms with van der Waals surface area (Å²) in [5, 5.41) is 0. The number of hydrogen-bond donors (Lipinski definition) is 1. The van der Waals surface area contributed by atoms with E-state index in [1.807, 2.05) is 4.90 Å². The number of carbonyl (C=O) groups excluding carboxylic acids is 1. The first-order chi connectivity index (χ1) is 10.6. The molecule has 1 amide bonds. The van der Waals surface area contributed by atoms with Gasteiger partial charge < -0.3 is 15.2 Å². The van der Waals surface area contributed by atoms with Crippen LogP contribution in [0.3, 0.4) is 0 Å². The second-order valence-corrected chi connectivity index (χ2v) is 6.98. The Morgan fingerprint density at radius 3 is 2.52 bits per heavy atom. The van der Waals surface area contributed by atoms with E-state index >= 15 is 0 Å². The first kappa shape index (κ1) is 18.3. The minimum Gasteiger partial charge on any atom is -0.345 e. The SMILES string of the molecule is Cc1cc(C(=O)N2CCCC2CN)c(C)n1C1CCCCC1.Cl. The molecule has 5 heteroatoms. The van der Waals surface area contributed by atoms with Gasteiger partial charge in [-0.1, -0.05) is 19.3 Å². The maximum absolute atomic E-state index is 12.9. The lowest BCUT2D eigenvalue weighted by Gasteiger charge is -2.27. The van der Waals surface area contributed by atoms with Gasteiger partial charge in [-0.25, -0.2) is 0 Å². The summed E-state index contributed by atoms with van der Waals surface area (Å²) in [4.78, 5) is 14.9. The molecule has 1 saturated heterocycles. The fraction of sp³-hybridized carbons (Fsp3) is 0.722. The van der Waals surface area contributed by atoms with Gasteiger partial charge in [0.1, 0.15) is 0 Å². The van der Waals surface area contributed by atoms with Crippen LogP contribution in [0.25, 0.3) is 0 Å². The van der Waals surface area contributed by atoms with Gasteiger partial charge in [0.25, 0.3) is 5.91 Å². The van der Waals surface area contributed by atoms with Crippen molar-refractivity contribution in [2.75, 3.05) is 13.1 Å². The minimum absolute atomic E-state index is 0. The number of aryl methyl sites for hydroxylation is 1. The van der Waals surface area contributed by atoms with Gasteiger partial charge in [0.2, 0.25) is 0 Å². The van der Waals surface area contributed by atoms with E-state index in [4.69, 9.17) is 5.73 Å². The third-order valence-electron chi connectivity index (χ3n) is 5.56. The van der Waals surface area contributed by atoms with Crippen LogP contribution in [0.1, 0.15) is 72.7 Å². The van der Waals surface area contributed by atoms with Crippen molar-refractivity contribution in [3.63, 3.8) is 0 Å². The average Bonchev–Trinajstić information content (AvgIpc) is 3.12. The summed E-state index contributed by atoms with van der Waals surface area (Å²) in [6.45, 7) is 5.69. The summed E-state index contributed by atoms with van der Waals surface area (Å²) in [5.41, 5.74) is 9.11. The molecular formula is C18H30ClN3O. The number of hydrogen-bond acceptors (Lipinski definition) is 2. The third kappa shape index (κ3) is 3.43. The van der Waals surface area contributed by atoms with Crippen LogP contribution < -0.4 is 5.73 Å². The molecule has 4 nitrogen and oxygen atoms in total. The van der Waals surface area contributed by atoms with Crippen molar-refractivity contribution in [3.05, 3.63) is 23.0 Å². The van der Waals surface area contributed by atoms with Crippen molar-refractivity contribution in [2.24, 2.45) is 5.73 Å². The number of amides is 1. The topological polar surface area (TPSA) is 51.3 Å². The van der Waals surface area contributed by atoms with Crippen molar-refractivity contribution < 1.29 is 4.79 Å². The van der Waals surface area contributed by atoms with Gasteiger partial charge in [0, 0.05) is 36.6 Å². The van der Waals surface area contributed by atoms with Crippen molar-refractivity contribution in [2.45, 2.75) is 70.9 Å².